The van der Waals surface area contributed by atoms with Crippen LogP contribution in [0.1, 0.15) is 49.7 Å². The predicted octanol–water partition coefficient (Wildman–Crippen LogP) is 2.36. The molecule has 0 radical (unpaired) electrons. The Morgan fingerprint density at radius 1 is 1.13 bits per heavy atom. The van der Waals surface area contributed by atoms with Crippen LogP contribution in [0, 0.1) is 19.8 Å². The van der Waals surface area contributed by atoms with Crippen LogP contribution in [-0.2, 0) is 19.1 Å². The predicted molar refractivity (Wildman–Crippen MR) is 111 cm³/mol. The van der Waals surface area contributed by atoms with Crippen LogP contribution in [0.15, 0.2) is 18.2 Å². The topological polar surface area (TPSA) is 105 Å². The molecule has 0 aromatic heterocycles. The van der Waals surface area contributed by atoms with Gasteiger partial charge in [-0.2, -0.15) is 0 Å². The first-order valence-electron chi connectivity index (χ1n) is 10.5. The van der Waals surface area contributed by atoms with Gasteiger partial charge in [-0.15, -0.1) is 0 Å². The molecule has 8 heteroatoms. The van der Waals surface area contributed by atoms with Crippen molar-refractivity contribution in [1.82, 2.24) is 10.6 Å². The number of aryl methyl sites for hydroxylation is 1. The molecule has 8 nitrogen and oxygen atoms in total. The highest BCUT2D eigenvalue weighted by Gasteiger charge is 2.37. The molecule has 2 fully saturated rings. The molecule has 1 saturated heterocycles. The highest BCUT2D eigenvalue weighted by Crippen LogP contribution is 2.29. The normalized spacial score (nSPS) is 19.5. The number of anilines is 1. The number of hydrogen-bond acceptors (Lipinski definition) is 5. The molecule has 30 heavy (non-hydrogen) atoms. The van der Waals surface area contributed by atoms with Gasteiger partial charge in [-0.25, -0.2) is 4.79 Å². The van der Waals surface area contributed by atoms with E-state index in [-0.39, 0.29) is 24.9 Å². The van der Waals surface area contributed by atoms with Crippen LogP contribution < -0.4 is 15.5 Å². The minimum Gasteiger partial charge on any atom is -0.455 e. The van der Waals surface area contributed by atoms with E-state index >= 15 is 0 Å². The Hall–Kier alpha value is -2.90. The maximum Gasteiger partial charge on any atom is 0.321 e. The standard InChI is InChI=1S/C22H29N3O5/c1-14-7-6-10-18(15(14)2)25-12-16(11-20(25)27)21(28)30-13-19(26)24-22(29)23-17-8-4-3-5-9-17/h6-7,10,16-17H,3-5,8-9,11-13H2,1-2H3,(H2,23,24,26,29)/t16-/m0/s1. The van der Waals surface area contributed by atoms with Gasteiger partial charge < -0.3 is 15.0 Å². The minimum absolute atomic E-state index is 0.0377. The van der Waals surface area contributed by atoms with E-state index in [0.717, 1.165) is 42.5 Å². The average Bonchev–Trinajstić information content (AvgIpc) is 3.10. The summed E-state index contributed by atoms with van der Waals surface area (Å²) in [5, 5.41) is 4.96. The summed E-state index contributed by atoms with van der Waals surface area (Å²) < 4.78 is 5.06. The fourth-order valence-electron chi connectivity index (χ4n) is 4.01. The van der Waals surface area contributed by atoms with Gasteiger partial charge in [-0.05, 0) is 43.9 Å². The lowest BCUT2D eigenvalue weighted by atomic mass is 9.96. The number of nitrogens with one attached hydrogen (secondary N) is 2. The van der Waals surface area contributed by atoms with Gasteiger partial charge in [0.15, 0.2) is 6.61 Å². The molecule has 2 aliphatic rings. The Morgan fingerprint density at radius 3 is 2.60 bits per heavy atom. The summed E-state index contributed by atoms with van der Waals surface area (Å²) >= 11 is 0. The van der Waals surface area contributed by atoms with Crippen LogP contribution in [-0.4, -0.2) is 43.0 Å². The molecule has 162 valence electrons. The van der Waals surface area contributed by atoms with Crippen molar-refractivity contribution in [3.05, 3.63) is 29.3 Å². The molecule has 0 spiro atoms. The van der Waals surface area contributed by atoms with Crippen LogP contribution in [0.4, 0.5) is 10.5 Å². The molecule has 0 unspecified atom stereocenters. The number of carbonyl (C=O) groups excluding carboxylic acids is 4. The molecule has 4 amide bonds. The molecular weight excluding hydrogens is 386 g/mol. The first kappa shape index (κ1) is 21.8. The number of rotatable bonds is 5. The molecule has 1 saturated carbocycles. The maximum atomic E-state index is 12.4. The monoisotopic (exact) mass is 415 g/mol. The van der Waals surface area contributed by atoms with E-state index in [2.05, 4.69) is 10.6 Å². The van der Waals surface area contributed by atoms with Crippen molar-refractivity contribution in [2.45, 2.75) is 58.4 Å². The Balaban J connectivity index is 1.45. The Kier molecular flexibility index (Phi) is 7.07. The highest BCUT2D eigenvalue weighted by atomic mass is 16.5. The third-order valence-corrected chi connectivity index (χ3v) is 5.86. The van der Waals surface area contributed by atoms with Crippen molar-refractivity contribution in [3.63, 3.8) is 0 Å². The summed E-state index contributed by atoms with van der Waals surface area (Å²) in [7, 11) is 0. The van der Waals surface area contributed by atoms with Gasteiger partial charge >= 0.3 is 12.0 Å². The van der Waals surface area contributed by atoms with Crippen molar-refractivity contribution in [2.75, 3.05) is 18.1 Å². The zero-order valence-electron chi connectivity index (χ0n) is 17.5. The summed E-state index contributed by atoms with van der Waals surface area (Å²) in [5.41, 5.74) is 2.84. The van der Waals surface area contributed by atoms with E-state index in [1.54, 1.807) is 4.90 Å². The Labute approximate surface area is 176 Å². The fraction of sp³-hybridized carbons (Fsp3) is 0.545. The van der Waals surface area contributed by atoms with Crippen molar-refractivity contribution >= 4 is 29.5 Å². The number of hydrogen-bond donors (Lipinski definition) is 2. The first-order valence-corrected chi connectivity index (χ1v) is 10.5. The highest BCUT2D eigenvalue weighted by molar-refractivity contribution is 6.00. The molecule has 1 aromatic rings. The van der Waals surface area contributed by atoms with Crippen LogP contribution in [0.3, 0.4) is 0 Å². The van der Waals surface area contributed by atoms with E-state index in [0.29, 0.717) is 0 Å². The van der Waals surface area contributed by atoms with Gasteiger partial charge in [-0.3, -0.25) is 19.7 Å². The molecule has 1 aromatic carbocycles. The summed E-state index contributed by atoms with van der Waals surface area (Å²) in [4.78, 5) is 50.2. The van der Waals surface area contributed by atoms with Gasteiger partial charge in [0.1, 0.15) is 0 Å². The molecule has 1 aliphatic heterocycles. The molecule has 1 aliphatic carbocycles. The Morgan fingerprint density at radius 2 is 1.87 bits per heavy atom. The van der Waals surface area contributed by atoms with Crippen LogP contribution in [0.25, 0.3) is 0 Å². The molecule has 2 N–H and O–H groups in total. The SMILES string of the molecule is Cc1cccc(N2C[C@@H](C(=O)OCC(=O)NC(=O)NC3CCCCC3)CC2=O)c1C. The van der Waals surface area contributed by atoms with Gasteiger partial charge in [-0.1, -0.05) is 31.4 Å². The van der Waals surface area contributed by atoms with Crippen LogP contribution in [0.5, 0.6) is 0 Å². The van der Waals surface area contributed by atoms with Crippen molar-refractivity contribution in [3.8, 4) is 0 Å². The Bertz CT molecular complexity index is 832. The number of benzene rings is 1. The number of amides is 4. The fourth-order valence-corrected chi connectivity index (χ4v) is 4.01. The number of ether oxygens (including phenoxy) is 1. The van der Waals surface area contributed by atoms with E-state index in [1.165, 1.54) is 6.42 Å². The minimum atomic E-state index is -0.688. The van der Waals surface area contributed by atoms with E-state index in [4.69, 9.17) is 4.74 Å². The summed E-state index contributed by atoms with van der Waals surface area (Å²) in [6.07, 6.45) is 5.15. The zero-order chi connectivity index (χ0) is 21.7. The molecular formula is C22H29N3O5. The molecule has 1 atom stereocenters. The smallest absolute Gasteiger partial charge is 0.321 e. The lowest BCUT2D eigenvalue weighted by Gasteiger charge is -2.22. The maximum absolute atomic E-state index is 12.4. The number of carbonyl (C=O) groups is 4. The summed E-state index contributed by atoms with van der Waals surface area (Å²) in [5.74, 6) is -2.09. The third kappa shape index (κ3) is 5.37. The van der Waals surface area contributed by atoms with Gasteiger partial charge in [0.25, 0.3) is 5.91 Å². The first-order chi connectivity index (χ1) is 14.3. The van der Waals surface area contributed by atoms with E-state index in [9.17, 15) is 19.2 Å². The van der Waals surface area contributed by atoms with Gasteiger partial charge in [0.2, 0.25) is 5.91 Å². The summed E-state index contributed by atoms with van der Waals surface area (Å²) in [6.45, 7) is 3.57. The second kappa shape index (κ2) is 9.73. The van der Waals surface area contributed by atoms with Crippen LogP contribution >= 0.6 is 0 Å². The molecule has 1 heterocycles. The van der Waals surface area contributed by atoms with Gasteiger partial charge in [0.05, 0.1) is 5.92 Å². The number of nitrogens with zero attached hydrogens (tertiary/aromatic N) is 1. The number of urea groups is 1. The quantitative estimate of drug-likeness (QED) is 0.719. The lowest BCUT2D eigenvalue weighted by Crippen LogP contribution is -2.46. The van der Waals surface area contributed by atoms with Gasteiger partial charge in [0, 0.05) is 24.7 Å². The van der Waals surface area contributed by atoms with E-state index < -0.39 is 30.4 Å². The summed E-state index contributed by atoms with van der Waals surface area (Å²) in [6, 6.07) is 5.20. The molecule has 0 bridgehead atoms. The van der Waals surface area contributed by atoms with E-state index in [1.807, 2.05) is 32.0 Å². The largest absolute Gasteiger partial charge is 0.455 e. The number of esters is 1. The zero-order valence-corrected chi connectivity index (χ0v) is 17.5. The second-order valence-electron chi connectivity index (χ2n) is 8.09. The van der Waals surface area contributed by atoms with Crippen molar-refractivity contribution in [2.24, 2.45) is 5.92 Å². The van der Waals surface area contributed by atoms with Crippen LogP contribution in [0.2, 0.25) is 0 Å². The van der Waals surface area contributed by atoms with Crippen molar-refractivity contribution in [1.29, 1.82) is 0 Å². The average molecular weight is 415 g/mol. The molecule has 3 rings (SSSR count). The van der Waals surface area contributed by atoms with Crippen molar-refractivity contribution < 1.29 is 23.9 Å². The number of imide groups is 1. The third-order valence-electron chi connectivity index (χ3n) is 5.86. The lowest BCUT2D eigenvalue weighted by molar-refractivity contribution is -0.152. The second-order valence-corrected chi connectivity index (χ2v) is 8.09.